The summed E-state index contributed by atoms with van der Waals surface area (Å²) < 4.78 is 26.3. The number of alkyl halides is 2. The first kappa shape index (κ1) is 15.9. The van der Waals surface area contributed by atoms with Crippen LogP contribution in [0.1, 0.15) is 65.7 Å². The Morgan fingerprint density at radius 3 is 2.27 bits per heavy atom. The molecular formula is C17H26F2N2O. The predicted octanol–water partition coefficient (Wildman–Crippen LogP) is 4.13. The minimum atomic E-state index is -2.59. The van der Waals surface area contributed by atoms with Gasteiger partial charge in [-0.05, 0) is 43.4 Å². The van der Waals surface area contributed by atoms with Gasteiger partial charge in [-0.15, -0.1) is 0 Å². The standard InChI is InChI=1S/C17H26F2N2O/c1-15(2)12-6-7-16(15,3)13(10-12)20-21-14(22)11-4-8-17(18,19)9-5-11/h11-12H,4-10H2,1-3H3,(H,21,22)/b20-13+/t12-,16+/m1/s1. The van der Waals surface area contributed by atoms with Crippen LogP contribution in [0.15, 0.2) is 5.10 Å². The molecule has 3 aliphatic rings. The van der Waals surface area contributed by atoms with Gasteiger partial charge in [0.1, 0.15) is 0 Å². The smallest absolute Gasteiger partial charge is 0.248 e. The minimum absolute atomic E-state index is 0.0601. The topological polar surface area (TPSA) is 41.5 Å². The average Bonchev–Trinajstić information content (AvgIpc) is 2.77. The second kappa shape index (κ2) is 5.00. The number of amides is 1. The molecule has 3 saturated carbocycles. The van der Waals surface area contributed by atoms with Crippen molar-refractivity contribution in [2.45, 2.75) is 71.6 Å². The summed E-state index contributed by atoms with van der Waals surface area (Å²) in [5, 5.41) is 4.41. The maximum absolute atomic E-state index is 13.2. The number of hydrazone groups is 1. The summed E-state index contributed by atoms with van der Waals surface area (Å²) in [5.74, 6) is -2.46. The molecule has 0 spiro atoms. The molecule has 3 fully saturated rings. The molecule has 0 aliphatic heterocycles. The van der Waals surface area contributed by atoms with Crippen molar-refractivity contribution in [3.63, 3.8) is 0 Å². The zero-order valence-corrected chi connectivity index (χ0v) is 13.7. The SMILES string of the molecule is CC1(C)[C@@H]2CC[C@@]1(C)/C(=N/NC(=O)C1CCC(F)(F)CC1)C2. The van der Waals surface area contributed by atoms with Gasteiger partial charge in [0, 0.05) is 29.9 Å². The zero-order valence-electron chi connectivity index (χ0n) is 13.7. The van der Waals surface area contributed by atoms with Crippen molar-refractivity contribution in [3.05, 3.63) is 0 Å². The van der Waals surface area contributed by atoms with Gasteiger partial charge in [-0.2, -0.15) is 5.10 Å². The van der Waals surface area contributed by atoms with Crippen LogP contribution in [-0.4, -0.2) is 17.5 Å². The number of hydrogen-bond donors (Lipinski definition) is 1. The lowest BCUT2D eigenvalue weighted by atomic mass is 9.70. The molecule has 22 heavy (non-hydrogen) atoms. The van der Waals surface area contributed by atoms with Gasteiger partial charge in [0.25, 0.3) is 0 Å². The highest BCUT2D eigenvalue weighted by atomic mass is 19.3. The van der Waals surface area contributed by atoms with E-state index in [1.807, 2.05) is 0 Å². The summed E-state index contributed by atoms with van der Waals surface area (Å²) in [4.78, 5) is 12.2. The zero-order chi connectivity index (χ0) is 16.2. The second-order valence-electron chi connectivity index (χ2n) is 8.16. The molecule has 124 valence electrons. The number of halogens is 2. The molecule has 5 heteroatoms. The monoisotopic (exact) mass is 312 g/mol. The number of carbonyl (C=O) groups is 1. The van der Waals surface area contributed by atoms with E-state index in [1.165, 1.54) is 6.42 Å². The van der Waals surface area contributed by atoms with E-state index >= 15 is 0 Å². The number of carbonyl (C=O) groups excluding carboxylic acids is 1. The molecule has 0 heterocycles. The van der Waals surface area contributed by atoms with Crippen molar-refractivity contribution in [2.75, 3.05) is 0 Å². The van der Waals surface area contributed by atoms with Crippen LogP contribution in [0.4, 0.5) is 8.78 Å². The Morgan fingerprint density at radius 1 is 1.14 bits per heavy atom. The van der Waals surface area contributed by atoms with Gasteiger partial charge >= 0.3 is 0 Å². The normalized spacial score (nSPS) is 38.4. The Bertz CT molecular complexity index is 505. The molecule has 3 aliphatic carbocycles. The molecule has 0 aromatic heterocycles. The van der Waals surface area contributed by atoms with Crippen molar-refractivity contribution in [1.82, 2.24) is 5.43 Å². The molecule has 0 aromatic rings. The number of nitrogens with one attached hydrogen (secondary N) is 1. The van der Waals surface area contributed by atoms with E-state index in [0.29, 0.717) is 5.92 Å². The fourth-order valence-corrected chi connectivity index (χ4v) is 4.61. The van der Waals surface area contributed by atoms with Crippen molar-refractivity contribution in [2.24, 2.45) is 27.8 Å². The molecule has 1 N–H and O–H groups in total. The predicted molar refractivity (Wildman–Crippen MR) is 81.7 cm³/mol. The molecule has 0 saturated heterocycles. The van der Waals surface area contributed by atoms with Crippen LogP contribution in [0.2, 0.25) is 0 Å². The molecular weight excluding hydrogens is 286 g/mol. The summed E-state index contributed by atoms with van der Waals surface area (Å²) in [7, 11) is 0. The van der Waals surface area contributed by atoms with Crippen LogP contribution in [0.5, 0.6) is 0 Å². The first-order chi connectivity index (χ1) is 10.2. The van der Waals surface area contributed by atoms with E-state index in [2.05, 4.69) is 31.3 Å². The van der Waals surface area contributed by atoms with Gasteiger partial charge in [-0.1, -0.05) is 20.8 Å². The summed E-state index contributed by atoms with van der Waals surface area (Å²) in [5.41, 5.74) is 4.05. The van der Waals surface area contributed by atoms with Crippen LogP contribution in [0, 0.1) is 22.7 Å². The number of fused-ring (bicyclic) bond motifs is 2. The van der Waals surface area contributed by atoms with Crippen molar-refractivity contribution < 1.29 is 13.6 Å². The van der Waals surface area contributed by atoms with Gasteiger partial charge in [0.2, 0.25) is 11.8 Å². The average molecular weight is 312 g/mol. The third-order valence-corrected chi connectivity index (χ3v) is 6.90. The molecule has 0 radical (unpaired) electrons. The Hall–Kier alpha value is -1.00. The molecule has 0 unspecified atom stereocenters. The van der Waals surface area contributed by atoms with E-state index in [1.54, 1.807) is 0 Å². The molecule has 2 bridgehead atoms. The Labute approximate surface area is 130 Å². The number of rotatable bonds is 2. The fraction of sp³-hybridized carbons (Fsp3) is 0.882. The minimum Gasteiger partial charge on any atom is -0.273 e. The van der Waals surface area contributed by atoms with Gasteiger partial charge in [-0.3, -0.25) is 4.79 Å². The Balaban J connectivity index is 1.62. The third kappa shape index (κ3) is 2.37. The summed E-state index contributed by atoms with van der Waals surface area (Å²) in [6.07, 6.45) is 3.45. The van der Waals surface area contributed by atoms with Crippen LogP contribution in [0.25, 0.3) is 0 Å². The molecule has 2 atom stereocenters. The van der Waals surface area contributed by atoms with Gasteiger partial charge in [-0.25, -0.2) is 14.2 Å². The summed E-state index contributed by atoms with van der Waals surface area (Å²) >= 11 is 0. The van der Waals surface area contributed by atoms with E-state index in [4.69, 9.17) is 0 Å². The van der Waals surface area contributed by atoms with E-state index < -0.39 is 5.92 Å². The lowest BCUT2D eigenvalue weighted by Gasteiger charge is -2.34. The largest absolute Gasteiger partial charge is 0.273 e. The number of nitrogens with zero attached hydrogens (tertiary/aromatic N) is 1. The highest BCUT2D eigenvalue weighted by molar-refractivity contribution is 5.95. The van der Waals surface area contributed by atoms with E-state index in [-0.39, 0.29) is 48.3 Å². The first-order valence-corrected chi connectivity index (χ1v) is 8.40. The maximum atomic E-state index is 13.2. The highest BCUT2D eigenvalue weighted by Gasteiger charge is 2.60. The van der Waals surface area contributed by atoms with Crippen LogP contribution in [-0.2, 0) is 4.79 Å². The summed E-state index contributed by atoms with van der Waals surface area (Å²) in [6.45, 7) is 6.82. The third-order valence-electron chi connectivity index (χ3n) is 6.90. The number of hydrogen-bond acceptors (Lipinski definition) is 2. The van der Waals surface area contributed by atoms with Gasteiger partial charge in [0.15, 0.2) is 0 Å². The van der Waals surface area contributed by atoms with Crippen molar-refractivity contribution in [1.29, 1.82) is 0 Å². The van der Waals surface area contributed by atoms with Crippen LogP contribution < -0.4 is 5.43 Å². The van der Waals surface area contributed by atoms with Crippen molar-refractivity contribution in [3.8, 4) is 0 Å². The maximum Gasteiger partial charge on any atom is 0.248 e. The second-order valence-corrected chi connectivity index (χ2v) is 8.16. The highest BCUT2D eigenvalue weighted by Crippen LogP contribution is 2.63. The molecule has 0 aromatic carbocycles. The Kier molecular flexibility index (Phi) is 3.61. The quantitative estimate of drug-likeness (QED) is 0.765. The Morgan fingerprint density at radius 2 is 1.77 bits per heavy atom. The molecule has 3 rings (SSSR count). The lowest BCUT2D eigenvalue weighted by Crippen LogP contribution is -2.37. The van der Waals surface area contributed by atoms with Crippen molar-refractivity contribution >= 4 is 11.6 Å². The van der Waals surface area contributed by atoms with E-state index in [0.717, 1.165) is 18.6 Å². The fourth-order valence-electron chi connectivity index (χ4n) is 4.61. The lowest BCUT2D eigenvalue weighted by molar-refractivity contribution is -0.129. The van der Waals surface area contributed by atoms with Gasteiger partial charge in [0.05, 0.1) is 0 Å². The molecule has 3 nitrogen and oxygen atoms in total. The van der Waals surface area contributed by atoms with Crippen LogP contribution in [0.3, 0.4) is 0 Å². The van der Waals surface area contributed by atoms with Crippen LogP contribution >= 0.6 is 0 Å². The van der Waals surface area contributed by atoms with Gasteiger partial charge < -0.3 is 0 Å². The first-order valence-electron chi connectivity index (χ1n) is 8.40. The summed E-state index contributed by atoms with van der Waals surface area (Å²) in [6, 6.07) is 0. The van der Waals surface area contributed by atoms with E-state index in [9.17, 15) is 13.6 Å². The molecule has 1 amide bonds.